The molecule has 1 aliphatic rings. The van der Waals surface area contributed by atoms with Gasteiger partial charge in [0, 0.05) is 0 Å². The van der Waals surface area contributed by atoms with Crippen LogP contribution in [0, 0.1) is 11.6 Å². The van der Waals surface area contributed by atoms with Crippen molar-refractivity contribution in [3.63, 3.8) is 0 Å². The average molecular weight is 314 g/mol. The van der Waals surface area contributed by atoms with E-state index < -0.39 is 11.6 Å². The van der Waals surface area contributed by atoms with E-state index in [1.807, 2.05) is 0 Å². The van der Waals surface area contributed by atoms with Gasteiger partial charge in [-0.15, -0.1) is 0 Å². The zero-order valence-corrected chi connectivity index (χ0v) is 13.7. The molecule has 2 aromatic carbocycles. The lowest BCUT2D eigenvalue weighted by atomic mass is 9.76. The molecular formula is C21H24F2. The summed E-state index contributed by atoms with van der Waals surface area (Å²) < 4.78 is 26.5. The van der Waals surface area contributed by atoms with Gasteiger partial charge in [0.1, 0.15) is 0 Å². The Morgan fingerprint density at radius 3 is 1.91 bits per heavy atom. The van der Waals surface area contributed by atoms with Crippen LogP contribution in [0.3, 0.4) is 0 Å². The Kier molecular flexibility index (Phi) is 5.09. The van der Waals surface area contributed by atoms with E-state index in [0.717, 1.165) is 37.7 Å². The second-order valence-corrected chi connectivity index (χ2v) is 6.71. The van der Waals surface area contributed by atoms with Crippen molar-refractivity contribution in [3.8, 4) is 0 Å². The molecule has 0 radical (unpaired) electrons. The molecule has 0 unspecified atom stereocenters. The van der Waals surface area contributed by atoms with Crippen LogP contribution in [0.2, 0.25) is 0 Å². The van der Waals surface area contributed by atoms with Crippen molar-refractivity contribution in [2.75, 3.05) is 0 Å². The lowest BCUT2D eigenvalue weighted by Crippen LogP contribution is -2.12. The normalized spacial score (nSPS) is 21.3. The minimum atomic E-state index is -0.755. The fourth-order valence-corrected chi connectivity index (χ4v) is 3.77. The minimum absolute atomic E-state index is 0.362. The maximum Gasteiger partial charge on any atom is 0.159 e. The first-order chi connectivity index (χ1) is 11.2. The van der Waals surface area contributed by atoms with Crippen LogP contribution in [-0.4, -0.2) is 0 Å². The highest BCUT2D eigenvalue weighted by Gasteiger charge is 2.24. The third kappa shape index (κ3) is 3.80. The van der Waals surface area contributed by atoms with Gasteiger partial charge in [-0.05, 0) is 72.8 Å². The van der Waals surface area contributed by atoms with Crippen molar-refractivity contribution < 1.29 is 8.78 Å². The molecule has 0 aliphatic heterocycles. The monoisotopic (exact) mass is 314 g/mol. The van der Waals surface area contributed by atoms with Gasteiger partial charge in [-0.3, -0.25) is 0 Å². The Bertz CT molecular complexity index is 637. The van der Waals surface area contributed by atoms with Crippen molar-refractivity contribution in [2.24, 2.45) is 0 Å². The molecule has 0 bridgehead atoms. The number of halogens is 2. The second kappa shape index (κ2) is 7.25. The molecule has 122 valence electrons. The highest BCUT2D eigenvalue weighted by Crippen LogP contribution is 2.40. The third-order valence-corrected chi connectivity index (χ3v) is 5.13. The van der Waals surface area contributed by atoms with Crippen LogP contribution in [0.5, 0.6) is 0 Å². The highest BCUT2D eigenvalue weighted by molar-refractivity contribution is 5.27. The smallest absolute Gasteiger partial charge is 0.159 e. The van der Waals surface area contributed by atoms with Crippen LogP contribution < -0.4 is 0 Å². The van der Waals surface area contributed by atoms with Crippen molar-refractivity contribution in [1.82, 2.24) is 0 Å². The van der Waals surface area contributed by atoms with E-state index in [1.165, 1.54) is 29.7 Å². The number of aryl methyl sites for hydroxylation is 1. The molecule has 0 atom stereocenters. The summed E-state index contributed by atoms with van der Waals surface area (Å²) in [6.45, 7) is 2.20. The summed E-state index contributed by atoms with van der Waals surface area (Å²) in [5, 5.41) is 0. The summed E-state index contributed by atoms with van der Waals surface area (Å²) in [6.07, 6.45) is 6.66. The molecule has 0 heterocycles. The van der Waals surface area contributed by atoms with Crippen molar-refractivity contribution in [3.05, 3.63) is 70.8 Å². The highest BCUT2D eigenvalue weighted by atomic mass is 19.2. The lowest BCUT2D eigenvalue weighted by molar-refractivity contribution is 0.394. The van der Waals surface area contributed by atoms with Gasteiger partial charge in [-0.1, -0.05) is 43.7 Å². The molecule has 1 saturated carbocycles. The Morgan fingerprint density at radius 2 is 1.35 bits per heavy atom. The van der Waals surface area contributed by atoms with Crippen LogP contribution in [0.4, 0.5) is 8.78 Å². The SMILES string of the molecule is CCCc1ccc([C@H]2CC[C@H](c3ccc(F)c(F)c3)CC2)cc1. The molecule has 0 spiro atoms. The van der Waals surface area contributed by atoms with Crippen LogP contribution >= 0.6 is 0 Å². The first kappa shape index (κ1) is 16.2. The van der Waals surface area contributed by atoms with E-state index in [0.29, 0.717) is 11.8 Å². The van der Waals surface area contributed by atoms with Gasteiger partial charge in [0.25, 0.3) is 0 Å². The van der Waals surface area contributed by atoms with E-state index in [4.69, 9.17) is 0 Å². The molecule has 0 amide bonds. The van der Waals surface area contributed by atoms with Crippen molar-refractivity contribution in [1.29, 1.82) is 0 Å². The van der Waals surface area contributed by atoms with Gasteiger partial charge < -0.3 is 0 Å². The van der Waals surface area contributed by atoms with E-state index in [2.05, 4.69) is 31.2 Å². The van der Waals surface area contributed by atoms with Crippen LogP contribution in [0.1, 0.15) is 67.6 Å². The van der Waals surface area contributed by atoms with Gasteiger partial charge >= 0.3 is 0 Å². The largest absolute Gasteiger partial charge is 0.204 e. The Balaban J connectivity index is 1.62. The molecule has 1 aliphatic carbocycles. The molecule has 1 fully saturated rings. The molecule has 2 heteroatoms. The van der Waals surface area contributed by atoms with Crippen molar-refractivity contribution in [2.45, 2.75) is 57.3 Å². The molecule has 0 nitrogen and oxygen atoms in total. The first-order valence-corrected chi connectivity index (χ1v) is 8.71. The van der Waals surface area contributed by atoms with Crippen LogP contribution in [0.15, 0.2) is 42.5 Å². The minimum Gasteiger partial charge on any atom is -0.204 e. The molecule has 0 aromatic heterocycles. The van der Waals surface area contributed by atoms with Crippen molar-refractivity contribution >= 4 is 0 Å². The lowest BCUT2D eigenvalue weighted by Gasteiger charge is -2.29. The number of hydrogen-bond donors (Lipinski definition) is 0. The summed E-state index contributed by atoms with van der Waals surface area (Å²) in [4.78, 5) is 0. The van der Waals surface area contributed by atoms with E-state index in [1.54, 1.807) is 6.07 Å². The molecular weight excluding hydrogens is 290 g/mol. The fourth-order valence-electron chi connectivity index (χ4n) is 3.77. The molecule has 2 aromatic rings. The van der Waals surface area contributed by atoms with Crippen LogP contribution in [0.25, 0.3) is 0 Å². The predicted octanol–water partition coefficient (Wildman–Crippen LogP) is 6.36. The zero-order chi connectivity index (χ0) is 16.2. The standard InChI is InChI=1S/C21H24F2/c1-2-3-15-4-6-16(7-5-15)17-8-10-18(11-9-17)19-12-13-20(22)21(23)14-19/h4-7,12-14,17-18H,2-3,8-11H2,1H3/t17-,18-. The van der Waals surface area contributed by atoms with Gasteiger partial charge in [0.2, 0.25) is 0 Å². The van der Waals surface area contributed by atoms with Gasteiger partial charge in [-0.25, -0.2) is 8.78 Å². The summed E-state index contributed by atoms with van der Waals surface area (Å²) in [6, 6.07) is 13.4. The first-order valence-electron chi connectivity index (χ1n) is 8.71. The van der Waals surface area contributed by atoms with Gasteiger partial charge in [0.15, 0.2) is 11.6 Å². The molecule has 23 heavy (non-hydrogen) atoms. The maximum absolute atomic E-state index is 13.4. The number of benzene rings is 2. The topological polar surface area (TPSA) is 0 Å². The van der Waals surface area contributed by atoms with Gasteiger partial charge in [-0.2, -0.15) is 0 Å². The Labute approximate surface area is 137 Å². The van der Waals surface area contributed by atoms with Gasteiger partial charge in [0.05, 0.1) is 0 Å². The zero-order valence-electron chi connectivity index (χ0n) is 13.7. The van der Waals surface area contributed by atoms with Crippen LogP contribution in [-0.2, 0) is 6.42 Å². The summed E-state index contributed by atoms with van der Waals surface area (Å²) in [5.41, 5.74) is 3.78. The number of rotatable bonds is 4. The molecule has 3 rings (SSSR count). The second-order valence-electron chi connectivity index (χ2n) is 6.71. The predicted molar refractivity (Wildman–Crippen MR) is 90.7 cm³/mol. The third-order valence-electron chi connectivity index (χ3n) is 5.13. The fraction of sp³-hybridized carbons (Fsp3) is 0.429. The Hall–Kier alpha value is -1.70. The average Bonchev–Trinajstić information content (AvgIpc) is 2.59. The quantitative estimate of drug-likeness (QED) is 0.616. The molecule has 0 N–H and O–H groups in total. The summed E-state index contributed by atoms with van der Waals surface area (Å²) in [7, 11) is 0. The van der Waals surface area contributed by atoms with E-state index in [9.17, 15) is 8.78 Å². The van der Waals surface area contributed by atoms with E-state index >= 15 is 0 Å². The summed E-state index contributed by atoms with van der Waals surface area (Å²) in [5.74, 6) is -0.515. The number of hydrogen-bond acceptors (Lipinski definition) is 0. The Morgan fingerprint density at radius 1 is 0.783 bits per heavy atom. The maximum atomic E-state index is 13.4. The van der Waals surface area contributed by atoms with E-state index in [-0.39, 0.29) is 0 Å². The summed E-state index contributed by atoms with van der Waals surface area (Å²) >= 11 is 0. The molecule has 0 saturated heterocycles.